The third kappa shape index (κ3) is 3.25. The Kier molecular flexibility index (Phi) is 4.12. The predicted octanol–water partition coefficient (Wildman–Crippen LogP) is 1.27. The molecule has 0 fully saturated rings. The lowest BCUT2D eigenvalue weighted by Gasteiger charge is -2.11. The van der Waals surface area contributed by atoms with E-state index in [1.54, 1.807) is 25.1 Å². The minimum absolute atomic E-state index is 0.147. The molecule has 0 aliphatic rings. The van der Waals surface area contributed by atoms with Gasteiger partial charge in [0.05, 0.1) is 18.8 Å². The number of carbonyl (C=O) groups excluding carboxylic acids is 1. The van der Waals surface area contributed by atoms with Crippen molar-refractivity contribution in [3.63, 3.8) is 0 Å². The second-order valence-electron chi connectivity index (χ2n) is 3.18. The molecule has 0 heterocycles. The summed E-state index contributed by atoms with van der Waals surface area (Å²) in [6.07, 6.45) is 0.132. The molecule has 4 heteroatoms. The number of methoxy groups -OCH3 is 1. The molecule has 1 aromatic carbocycles. The number of rotatable bonds is 5. The van der Waals surface area contributed by atoms with Crippen LogP contribution in [0.4, 0.5) is 0 Å². The summed E-state index contributed by atoms with van der Waals surface area (Å²) in [5.41, 5.74) is 0.441. The van der Waals surface area contributed by atoms with E-state index < -0.39 is 6.10 Å². The van der Waals surface area contributed by atoms with Gasteiger partial charge in [-0.25, -0.2) is 0 Å². The van der Waals surface area contributed by atoms with Gasteiger partial charge in [-0.2, -0.15) is 0 Å². The van der Waals surface area contributed by atoms with Crippen LogP contribution in [0.3, 0.4) is 0 Å². The largest absolute Gasteiger partial charge is 0.497 e. The maximum Gasteiger partial charge on any atom is 0.153 e. The molecule has 82 valence electrons. The second-order valence-corrected chi connectivity index (χ2v) is 3.18. The summed E-state index contributed by atoms with van der Waals surface area (Å²) in [7, 11) is 1.54. The highest BCUT2D eigenvalue weighted by atomic mass is 16.5. The lowest BCUT2D eigenvalue weighted by molar-refractivity contribution is 0.109. The van der Waals surface area contributed by atoms with Crippen molar-refractivity contribution in [3.8, 4) is 11.5 Å². The van der Waals surface area contributed by atoms with Crippen LogP contribution in [0.25, 0.3) is 0 Å². The summed E-state index contributed by atoms with van der Waals surface area (Å²) < 4.78 is 10.3. The molecule has 0 aliphatic heterocycles. The number of benzene rings is 1. The van der Waals surface area contributed by atoms with E-state index in [1.165, 1.54) is 7.11 Å². The molecule has 1 N–H and O–H groups in total. The molecule has 1 aromatic rings. The van der Waals surface area contributed by atoms with E-state index >= 15 is 0 Å². The molecule has 0 saturated heterocycles. The molecular formula is C11H14O4. The molecule has 0 saturated carbocycles. The van der Waals surface area contributed by atoms with Crippen molar-refractivity contribution in [2.75, 3.05) is 13.7 Å². The molecule has 0 amide bonds. The predicted molar refractivity (Wildman–Crippen MR) is 55.6 cm³/mol. The fourth-order valence-corrected chi connectivity index (χ4v) is 1.07. The Labute approximate surface area is 88.4 Å². The first-order valence-corrected chi connectivity index (χ1v) is 4.61. The van der Waals surface area contributed by atoms with Gasteiger partial charge in [0.25, 0.3) is 0 Å². The monoisotopic (exact) mass is 210 g/mol. The summed E-state index contributed by atoms with van der Waals surface area (Å²) in [5, 5.41) is 9.06. The van der Waals surface area contributed by atoms with Crippen LogP contribution in [0.5, 0.6) is 11.5 Å². The van der Waals surface area contributed by atoms with Crippen LogP contribution in [-0.4, -0.2) is 31.2 Å². The van der Waals surface area contributed by atoms with Gasteiger partial charge in [0.1, 0.15) is 18.1 Å². The normalized spacial score (nSPS) is 11.9. The fourth-order valence-electron chi connectivity index (χ4n) is 1.07. The average Bonchev–Trinajstić information content (AvgIpc) is 2.25. The van der Waals surface area contributed by atoms with Crippen molar-refractivity contribution in [2.45, 2.75) is 13.0 Å². The minimum Gasteiger partial charge on any atom is -0.497 e. The number of ether oxygens (including phenoxy) is 2. The molecular weight excluding hydrogens is 196 g/mol. The molecule has 1 atom stereocenters. The Morgan fingerprint density at radius 2 is 2.27 bits per heavy atom. The van der Waals surface area contributed by atoms with Crippen LogP contribution in [0, 0.1) is 0 Å². The Balaban J connectivity index is 2.86. The molecule has 1 rings (SSSR count). The maximum absolute atomic E-state index is 10.7. The Bertz CT molecular complexity index is 333. The summed E-state index contributed by atoms with van der Waals surface area (Å²) in [4.78, 5) is 10.7. The van der Waals surface area contributed by atoms with E-state index in [0.717, 1.165) is 0 Å². The van der Waals surface area contributed by atoms with E-state index in [0.29, 0.717) is 23.3 Å². The number of hydrogen-bond acceptors (Lipinski definition) is 4. The van der Waals surface area contributed by atoms with E-state index in [9.17, 15) is 4.79 Å². The van der Waals surface area contributed by atoms with Crippen LogP contribution in [0.2, 0.25) is 0 Å². The van der Waals surface area contributed by atoms with Crippen molar-refractivity contribution in [2.24, 2.45) is 0 Å². The molecule has 0 aliphatic carbocycles. The first kappa shape index (κ1) is 11.5. The minimum atomic E-state index is -0.573. The zero-order valence-corrected chi connectivity index (χ0v) is 8.77. The third-order valence-electron chi connectivity index (χ3n) is 1.83. The lowest BCUT2D eigenvalue weighted by Crippen LogP contribution is -2.13. The zero-order valence-electron chi connectivity index (χ0n) is 8.77. The highest BCUT2D eigenvalue weighted by Crippen LogP contribution is 2.23. The smallest absolute Gasteiger partial charge is 0.153 e. The van der Waals surface area contributed by atoms with E-state index in [1.807, 2.05) is 0 Å². The number of hydrogen-bond donors (Lipinski definition) is 1. The Hall–Kier alpha value is -1.55. The number of aldehydes is 1. The van der Waals surface area contributed by atoms with E-state index in [2.05, 4.69) is 0 Å². The van der Waals surface area contributed by atoms with Crippen LogP contribution >= 0.6 is 0 Å². The fraction of sp³-hybridized carbons (Fsp3) is 0.364. The molecule has 0 aromatic heterocycles. The Morgan fingerprint density at radius 1 is 1.53 bits per heavy atom. The van der Waals surface area contributed by atoms with Crippen molar-refractivity contribution < 1.29 is 19.4 Å². The molecule has 4 nitrogen and oxygen atoms in total. The van der Waals surface area contributed by atoms with Gasteiger partial charge < -0.3 is 14.6 Å². The van der Waals surface area contributed by atoms with Gasteiger partial charge in [-0.15, -0.1) is 0 Å². The second kappa shape index (κ2) is 5.36. The maximum atomic E-state index is 10.7. The summed E-state index contributed by atoms with van der Waals surface area (Å²) in [6, 6.07) is 4.91. The molecule has 0 bridgehead atoms. The van der Waals surface area contributed by atoms with Gasteiger partial charge in [-0.3, -0.25) is 4.79 Å². The standard InChI is InChI=1S/C11H14O4/c1-8(13)7-15-11-5-10(14-2)4-3-9(11)6-12/h3-6,8,13H,7H2,1-2H3. The van der Waals surface area contributed by atoms with Gasteiger partial charge in [0.2, 0.25) is 0 Å². The van der Waals surface area contributed by atoms with Crippen molar-refractivity contribution >= 4 is 6.29 Å². The van der Waals surface area contributed by atoms with Crippen LogP contribution in [-0.2, 0) is 0 Å². The van der Waals surface area contributed by atoms with Gasteiger partial charge in [-0.1, -0.05) is 0 Å². The van der Waals surface area contributed by atoms with Crippen molar-refractivity contribution in [3.05, 3.63) is 23.8 Å². The Morgan fingerprint density at radius 3 is 2.80 bits per heavy atom. The summed E-state index contributed by atoms with van der Waals surface area (Å²) in [5.74, 6) is 1.03. The van der Waals surface area contributed by atoms with Crippen LogP contribution in [0.15, 0.2) is 18.2 Å². The van der Waals surface area contributed by atoms with Crippen molar-refractivity contribution in [1.82, 2.24) is 0 Å². The molecule has 0 radical (unpaired) electrons. The van der Waals surface area contributed by atoms with Crippen molar-refractivity contribution in [1.29, 1.82) is 0 Å². The highest BCUT2D eigenvalue weighted by molar-refractivity contribution is 5.79. The average molecular weight is 210 g/mol. The van der Waals surface area contributed by atoms with Crippen LogP contribution < -0.4 is 9.47 Å². The first-order valence-electron chi connectivity index (χ1n) is 4.61. The van der Waals surface area contributed by atoms with E-state index in [4.69, 9.17) is 14.6 Å². The van der Waals surface area contributed by atoms with Gasteiger partial charge in [0, 0.05) is 6.07 Å². The summed E-state index contributed by atoms with van der Waals surface area (Å²) >= 11 is 0. The zero-order chi connectivity index (χ0) is 11.3. The van der Waals surface area contributed by atoms with E-state index in [-0.39, 0.29) is 6.61 Å². The molecule has 1 unspecified atom stereocenters. The summed E-state index contributed by atoms with van der Waals surface area (Å²) in [6.45, 7) is 1.76. The van der Waals surface area contributed by atoms with Gasteiger partial charge >= 0.3 is 0 Å². The first-order chi connectivity index (χ1) is 7.17. The number of carbonyl (C=O) groups is 1. The third-order valence-corrected chi connectivity index (χ3v) is 1.83. The van der Waals surface area contributed by atoms with Gasteiger partial charge in [0.15, 0.2) is 6.29 Å². The number of aliphatic hydroxyl groups is 1. The topological polar surface area (TPSA) is 55.8 Å². The quantitative estimate of drug-likeness (QED) is 0.743. The molecule has 15 heavy (non-hydrogen) atoms. The molecule has 0 spiro atoms. The SMILES string of the molecule is COc1ccc(C=O)c(OCC(C)O)c1. The van der Waals surface area contributed by atoms with Gasteiger partial charge in [-0.05, 0) is 19.1 Å². The lowest BCUT2D eigenvalue weighted by atomic mass is 10.2. The number of aliphatic hydroxyl groups excluding tert-OH is 1. The van der Waals surface area contributed by atoms with Crippen LogP contribution in [0.1, 0.15) is 17.3 Å². The highest BCUT2D eigenvalue weighted by Gasteiger charge is 2.06.